The predicted molar refractivity (Wildman–Crippen MR) is 117 cm³/mol. The van der Waals surface area contributed by atoms with Crippen molar-refractivity contribution in [2.75, 3.05) is 51.2 Å². The first-order valence-corrected chi connectivity index (χ1v) is 10.1. The van der Waals surface area contributed by atoms with Gasteiger partial charge in [-0.25, -0.2) is 9.78 Å². The van der Waals surface area contributed by atoms with E-state index in [-0.39, 0.29) is 19.3 Å². The van der Waals surface area contributed by atoms with Gasteiger partial charge in [0.1, 0.15) is 12.1 Å². The number of nitrogens with one attached hydrogen (secondary N) is 1. The Hall–Kier alpha value is -3.48. The first kappa shape index (κ1) is 22.2. The van der Waals surface area contributed by atoms with E-state index in [2.05, 4.69) is 21.2 Å². The Labute approximate surface area is 181 Å². The molecule has 0 saturated carbocycles. The summed E-state index contributed by atoms with van der Waals surface area (Å²) in [7, 11) is 1.79. The number of carbonyl (C=O) groups is 2. The van der Waals surface area contributed by atoms with Crippen LogP contribution in [0.15, 0.2) is 42.5 Å². The van der Waals surface area contributed by atoms with Crippen molar-refractivity contribution in [3.05, 3.63) is 48.0 Å². The molecule has 0 radical (unpaired) electrons. The number of rotatable bonds is 8. The Morgan fingerprint density at radius 2 is 2.03 bits per heavy atom. The van der Waals surface area contributed by atoms with Gasteiger partial charge >= 0.3 is 6.09 Å². The van der Waals surface area contributed by atoms with Crippen molar-refractivity contribution in [3.8, 4) is 17.3 Å². The normalized spacial score (nSPS) is 15.2. The second-order valence-electron chi connectivity index (χ2n) is 7.26. The number of nitriles is 1. The molecule has 2 N–H and O–H groups in total. The van der Waals surface area contributed by atoms with Gasteiger partial charge in [0.25, 0.3) is 0 Å². The molecule has 0 spiro atoms. The number of nitrogens with zero attached hydrogens (tertiary/aromatic N) is 5. The number of aldehydes is 1. The van der Waals surface area contributed by atoms with Crippen molar-refractivity contribution in [2.45, 2.75) is 6.17 Å². The Morgan fingerprint density at radius 3 is 2.68 bits per heavy atom. The largest absolute Gasteiger partial charge is 0.465 e. The zero-order chi connectivity index (χ0) is 22.2. The second-order valence-corrected chi connectivity index (χ2v) is 7.26. The van der Waals surface area contributed by atoms with Crippen molar-refractivity contribution in [3.63, 3.8) is 0 Å². The van der Waals surface area contributed by atoms with Gasteiger partial charge in [0.2, 0.25) is 0 Å². The van der Waals surface area contributed by atoms with Gasteiger partial charge < -0.3 is 20.1 Å². The molecule has 9 nitrogen and oxygen atoms in total. The van der Waals surface area contributed by atoms with Crippen molar-refractivity contribution in [1.29, 1.82) is 5.26 Å². The fourth-order valence-corrected chi connectivity index (χ4v) is 3.69. The van der Waals surface area contributed by atoms with Crippen LogP contribution in [0.1, 0.15) is 5.56 Å². The van der Waals surface area contributed by atoms with Gasteiger partial charge in [-0.1, -0.05) is 18.2 Å². The molecular formula is C22H26N6O3. The third-order valence-corrected chi connectivity index (χ3v) is 5.39. The number of carbonyl (C=O) groups excluding carboxylic acids is 1. The molecule has 0 bridgehead atoms. The lowest BCUT2D eigenvalue weighted by Gasteiger charge is -2.40. The summed E-state index contributed by atoms with van der Waals surface area (Å²) in [5, 5.41) is 21.6. The maximum Gasteiger partial charge on any atom is 0.407 e. The molecule has 1 aromatic heterocycles. The standard InChI is InChI=1S/C22H26N6O3/c1-24-21(16-28(12-13-29)22(30)31)27-10-8-26(9-11-27)20-7-3-6-19(25-20)18-5-2-4-17(14-18)15-23/h2-7,13-14,21,24H,8-12,16H2,1H3,(H,30,31). The lowest BCUT2D eigenvalue weighted by atomic mass is 10.1. The maximum atomic E-state index is 11.3. The van der Waals surface area contributed by atoms with Crippen LogP contribution in [0.3, 0.4) is 0 Å². The van der Waals surface area contributed by atoms with Crippen LogP contribution in [0.2, 0.25) is 0 Å². The van der Waals surface area contributed by atoms with Gasteiger partial charge in [0, 0.05) is 31.7 Å². The van der Waals surface area contributed by atoms with Crippen LogP contribution in [-0.2, 0) is 4.79 Å². The number of hydrogen-bond acceptors (Lipinski definition) is 7. The molecule has 1 unspecified atom stereocenters. The Balaban J connectivity index is 1.66. The lowest BCUT2D eigenvalue weighted by Crippen LogP contribution is -2.58. The average Bonchev–Trinajstić information content (AvgIpc) is 2.82. The van der Waals surface area contributed by atoms with E-state index >= 15 is 0 Å². The summed E-state index contributed by atoms with van der Waals surface area (Å²) in [6.45, 7) is 3.03. The van der Waals surface area contributed by atoms with Crippen LogP contribution >= 0.6 is 0 Å². The number of hydrogen-bond donors (Lipinski definition) is 2. The minimum absolute atomic E-state index is 0.142. The van der Waals surface area contributed by atoms with Gasteiger partial charge in [-0.05, 0) is 31.3 Å². The fourth-order valence-electron chi connectivity index (χ4n) is 3.69. The van der Waals surface area contributed by atoms with Gasteiger partial charge in [-0.2, -0.15) is 5.26 Å². The summed E-state index contributed by atoms with van der Waals surface area (Å²) in [5.74, 6) is 0.869. The van der Waals surface area contributed by atoms with E-state index in [1.54, 1.807) is 13.1 Å². The van der Waals surface area contributed by atoms with Crippen LogP contribution in [0, 0.1) is 11.3 Å². The molecule has 0 aliphatic carbocycles. The molecule has 162 valence electrons. The predicted octanol–water partition coefficient (Wildman–Crippen LogP) is 1.47. The molecule has 1 amide bonds. The van der Waals surface area contributed by atoms with Crippen molar-refractivity contribution in [2.24, 2.45) is 0 Å². The molecule has 2 heterocycles. The minimum atomic E-state index is -1.10. The number of carboxylic acid groups (broad SMARTS) is 1. The highest BCUT2D eigenvalue weighted by molar-refractivity contribution is 5.69. The summed E-state index contributed by atoms with van der Waals surface area (Å²) in [6, 6.07) is 15.4. The monoisotopic (exact) mass is 422 g/mol. The molecule has 9 heteroatoms. The summed E-state index contributed by atoms with van der Waals surface area (Å²) >= 11 is 0. The zero-order valence-corrected chi connectivity index (χ0v) is 17.4. The van der Waals surface area contributed by atoms with Gasteiger partial charge in [-0.3, -0.25) is 9.80 Å². The van der Waals surface area contributed by atoms with E-state index in [1.807, 2.05) is 36.4 Å². The third kappa shape index (κ3) is 5.57. The fraction of sp³-hybridized carbons (Fsp3) is 0.364. The van der Waals surface area contributed by atoms with Crippen molar-refractivity contribution >= 4 is 18.2 Å². The van der Waals surface area contributed by atoms with E-state index in [0.29, 0.717) is 11.8 Å². The van der Waals surface area contributed by atoms with Crippen LogP contribution in [0.5, 0.6) is 0 Å². The van der Waals surface area contributed by atoms with Crippen LogP contribution < -0.4 is 10.2 Å². The van der Waals surface area contributed by atoms with Crippen molar-refractivity contribution < 1.29 is 14.7 Å². The topological polar surface area (TPSA) is 113 Å². The molecule has 1 saturated heterocycles. The van der Waals surface area contributed by atoms with Gasteiger partial charge in [0.05, 0.1) is 36.6 Å². The molecule has 31 heavy (non-hydrogen) atoms. The van der Waals surface area contributed by atoms with Crippen LogP contribution in [-0.4, -0.2) is 84.8 Å². The van der Waals surface area contributed by atoms with Gasteiger partial charge in [0.15, 0.2) is 0 Å². The number of anilines is 1. The number of likely N-dealkylation sites (N-methyl/N-ethyl adjacent to an activating group) is 1. The Kier molecular flexibility index (Phi) is 7.54. The first-order valence-electron chi connectivity index (χ1n) is 10.1. The Bertz CT molecular complexity index is 952. The second kappa shape index (κ2) is 10.5. The molecule has 1 aliphatic heterocycles. The molecule has 3 rings (SSSR count). The van der Waals surface area contributed by atoms with E-state index in [9.17, 15) is 14.7 Å². The zero-order valence-electron chi connectivity index (χ0n) is 17.4. The third-order valence-electron chi connectivity index (χ3n) is 5.39. The van der Waals surface area contributed by atoms with Crippen molar-refractivity contribution in [1.82, 2.24) is 20.1 Å². The number of aromatic nitrogens is 1. The van der Waals surface area contributed by atoms with Crippen LogP contribution in [0.4, 0.5) is 10.6 Å². The molecule has 1 aromatic carbocycles. The molecule has 1 atom stereocenters. The summed E-state index contributed by atoms with van der Waals surface area (Å²) in [6.07, 6.45) is -0.678. The quantitative estimate of drug-likeness (QED) is 0.615. The molecule has 1 aliphatic rings. The van der Waals surface area contributed by atoms with E-state index < -0.39 is 6.09 Å². The number of pyridine rings is 1. The lowest BCUT2D eigenvalue weighted by molar-refractivity contribution is -0.108. The van der Waals surface area contributed by atoms with E-state index in [1.165, 1.54) is 0 Å². The van der Waals surface area contributed by atoms with E-state index in [4.69, 9.17) is 10.2 Å². The number of piperazine rings is 1. The molecule has 1 fully saturated rings. The van der Waals surface area contributed by atoms with Crippen LogP contribution in [0.25, 0.3) is 11.3 Å². The minimum Gasteiger partial charge on any atom is -0.465 e. The number of benzene rings is 1. The summed E-state index contributed by atoms with van der Waals surface area (Å²) in [4.78, 5) is 32.4. The Morgan fingerprint density at radius 1 is 1.29 bits per heavy atom. The maximum absolute atomic E-state index is 11.3. The summed E-state index contributed by atoms with van der Waals surface area (Å²) in [5.41, 5.74) is 2.32. The van der Waals surface area contributed by atoms with Gasteiger partial charge in [-0.15, -0.1) is 0 Å². The number of amides is 1. The average molecular weight is 422 g/mol. The molecular weight excluding hydrogens is 396 g/mol. The molecule has 2 aromatic rings. The highest BCUT2D eigenvalue weighted by atomic mass is 16.4. The van der Waals surface area contributed by atoms with E-state index in [0.717, 1.165) is 48.2 Å². The highest BCUT2D eigenvalue weighted by Crippen LogP contribution is 2.22. The SMILES string of the molecule is CNC(CN(CC=O)C(=O)O)N1CCN(c2cccc(-c3cccc(C#N)c3)n2)CC1. The smallest absolute Gasteiger partial charge is 0.407 e. The highest BCUT2D eigenvalue weighted by Gasteiger charge is 2.26. The summed E-state index contributed by atoms with van der Waals surface area (Å²) < 4.78 is 0. The first-order chi connectivity index (χ1) is 15.0.